The van der Waals surface area contributed by atoms with E-state index in [2.05, 4.69) is 16.9 Å². The Morgan fingerprint density at radius 1 is 1.25 bits per heavy atom. The molecule has 3 aromatic rings. The van der Waals surface area contributed by atoms with Gasteiger partial charge in [-0.2, -0.15) is 0 Å². The van der Waals surface area contributed by atoms with Crippen LogP contribution in [0.3, 0.4) is 0 Å². The summed E-state index contributed by atoms with van der Waals surface area (Å²) in [7, 11) is 1.65. The number of carbonyl (C=O) groups excluding carboxylic acids is 1. The Balaban J connectivity index is 1.90. The molecule has 5 nitrogen and oxygen atoms in total. The Labute approximate surface area is 139 Å². The third-order valence-electron chi connectivity index (χ3n) is 3.86. The fourth-order valence-corrected chi connectivity index (χ4v) is 2.71. The number of benzene rings is 1. The van der Waals surface area contributed by atoms with Crippen LogP contribution in [0.4, 0.5) is 4.39 Å². The van der Waals surface area contributed by atoms with E-state index in [4.69, 9.17) is 0 Å². The highest BCUT2D eigenvalue weighted by Crippen LogP contribution is 2.17. The number of amides is 1. The Hall–Kier alpha value is -2.76. The van der Waals surface area contributed by atoms with Gasteiger partial charge in [0.15, 0.2) is 5.65 Å². The first-order valence-electron chi connectivity index (χ1n) is 7.92. The summed E-state index contributed by atoms with van der Waals surface area (Å²) in [5, 5.41) is 0. The first-order chi connectivity index (χ1) is 11.6. The monoisotopic (exact) mass is 326 g/mol. The first kappa shape index (κ1) is 16.1. The van der Waals surface area contributed by atoms with Gasteiger partial charge in [0, 0.05) is 19.8 Å². The van der Waals surface area contributed by atoms with Crippen molar-refractivity contribution in [3.63, 3.8) is 0 Å². The number of aromatic nitrogens is 3. The van der Waals surface area contributed by atoms with E-state index in [0.29, 0.717) is 6.54 Å². The van der Waals surface area contributed by atoms with Crippen LogP contribution in [-0.2, 0) is 13.1 Å². The average Bonchev–Trinajstić information content (AvgIpc) is 2.92. The van der Waals surface area contributed by atoms with Gasteiger partial charge in [0.25, 0.3) is 5.91 Å². The van der Waals surface area contributed by atoms with Crippen LogP contribution in [-0.4, -0.2) is 32.4 Å². The molecule has 0 aliphatic heterocycles. The van der Waals surface area contributed by atoms with Crippen LogP contribution < -0.4 is 0 Å². The molecule has 0 spiro atoms. The minimum Gasteiger partial charge on any atom is -0.334 e. The van der Waals surface area contributed by atoms with Crippen molar-refractivity contribution in [1.29, 1.82) is 0 Å². The number of halogens is 1. The van der Waals surface area contributed by atoms with Crippen LogP contribution >= 0.6 is 0 Å². The summed E-state index contributed by atoms with van der Waals surface area (Å²) in [5.74, 6) is -0.132. The van der Waals surface area contributed by atoms with Gasteiger partial charge in [0.1, 0.15) is 17.2 Å². The van der Waals surface area contributed by atoms with Gasteiger partial charge < -0.3 is 9.47 Å². The van der Waals surface area contributed by atoms with Gasteiger partial charge in [-0.1, -0.05) is 19.1 Å². The van der Waals surface area contributed by atoms with Gasteiger partial charge in [-0.05, 0) is 30.7 Å². The molecule has 3 rings (SSSR count). The van der Waals surface area contributed by atoms with E-state index in [-0.39, 0.29) is 11.5 Å². The van der Waals surface area contributed by atoms with Gasteiger partial charge >= 0.3 is 0 Å². The maximum atomic E-state index is 13.8. The SMILES string of the molecule is CCCn1c(CN(C)C(=O)c2ccccc2F)nc2cccnc21. The third-order valence-corrected chi connectivity index (χ3v) is 3.86. The summed E-state index contributed by atoms with van der Waals surface area (Å²) in [4.78, 5) is 22.9. The smallest absolute Gasteiger partial charge is 0.256 e. The standard InChI is InChI=1S/C18H19FN4O/c1-3-11-23-16(21-15-9-6-10-20-17(15)23)12-22(2)18(24)13-7-4-5-8-14(13)19/h4-10H,3,11-12H2,1-2H3. The zero-order valence-corrected chi connectivity index (χ0v) is 13.7. The molecule has 1 aromatic carbocycles. The van der Waals surface area contributed by atoms with Crippen LogP contribution in [0.2, 0.25) is 0 Å². The number of hydrogen-bond acceptors (Lipinski definition) is 3. The van der Waals surface area contributed by atoms with Gasteiger partial charge in [0.2, 0.25) is 0 Å². The zero-order valence-electron chi connectivity index (χ0n) is 13.7. The maximum Gasteiger partial charge on any atom is 0.256 e. The van der Waals surface area contributed by atoms with Crippen molar-refractivity contribution in [2.75, 3.05) is 7.05 Å². The van der Waals surface area contributed by atoms with Crippen LogP contribution in [0.15, 0.2) is 42.6 Å². The number of rotatable bonds is 5. The van der Waals surface area contributed by atoms with Crippen molar-refractivity contribution in [2.45, 2.75) is 26.4 Å². The van der Waals surface area contributed by atoms with Crippen LogP contribution in [0, 0.1) is 5.82 Å². The van der Waals surface area contributed by atoms with Crippen molar-refractivity contribution < 1.29 is 9.18 Å². The Morgan fingerprint density at radius 3 is 2.79 bits per heavy atom. The fraction of sp³-hybridized carbons (Fsp3) is 0.278. The lowest BCUT2D eigenvalue weighted by Gasteiger charge is -2.18. The molecule has 6 heteroatoms. The molecule has 0 radical (unpaired) electrons. The summed E-state index contributed by atoms with van der Waals surface area (Å²) in [6, 6.07) is 9.74. The van der Waals surface area contributed by atoms with Gasteiger partial charge in [-0.3, -0.25) is 4.79 Å². The second kappa shape index (κ2) is 6.78. The molecular weight excluding hydrogens is 307 g/mol. The molecule has 0 saturated carbocycles. The van der Waals surface area contributed by atoms with E-state index < -0.39 is 5.82 Å². The van der Waals surface area contributed by atoms with Crippen LogP contribution in [0.5, 0.6) is 0 Å². The normalized spacial score (nSPS) is 11.0. The number of aryl methyl sites for hydroxylation is 1. The quantitative estimate of drug-likeness (QED) is 0.723. The van der Waals surface area contributed by atoms with E-state index in [1.54, 1.807) is 25.4 Å². The molecule has 0 bridgehead atoms. The molecule has 0 aliphatic carbocycles. The number of pyridine rings is 1. The van der Waals surface area contributed by atoms with Gasteiger partial charge in [0.05, 0.1) is 12.1 Å². The zero-order chi connectivity index (χ0) is 17.1. The number of imidazole rings is 1. The fourth-order valence-electron chi connectivity index (χ4n) is 2.71. The minimum absolute atomic E-state index is 0.0660. The molecule has 0 unspecified atom stereocenters. The second-order valence-electron chi connectivity index (χ2n) is 5.67. The lowest BCUT2D eigenvalue weighted by atomic mass is 10.2. The van der Waals surface area contributed by atoms with Crippen molar-refractivity contribution in [3.8, 4) is 0 Å². The highest BCUT2D eigenvalue weighted by atomic mass is 19.1. The summed E-state index contributed by atoms with van der Waals surface area (Å²) >= 11 is 0. The minimum atomic E-state index is -0.516. The molecule has 0 fully saturated rings. The molecule has 2 heterocycles. The lowest BCUT2D eigenvalue weighted by molar-refractivity contribution is 0.0775. The maximum absolute atomic E-state index is 13.8. The van der Waals surface area contributed by atoms with Gasteiger partial charge in [-0.15, -0.1) is 0 Å². The first-order valence-corrected chi connectivity index (χ1v) is 7.92. The number of hydrogen-bond donors (Lipinski definition) is 0. The number of carbonyl (C=O) groups is 1. The molecule has 124 valence electrons. The van der Waals surface area contributed by atoms with E-state index in [1.165, 1.54) is 17.0 Å². The summed E-state index contributed by atoms with van der Waals surface area (Å²) < 4.78 is 15.8. The molecule has 0 atom stereocenters. The lowest BCUT2D eigenvalue weighted by Crippen LogP contribution is -2.28. The second-order valence-corrected chi connectivity index (χ2v) is 5.67. The van der Waals surface area contributed by atoms with E-state index in [9.17, 15) is 9.18 Å². The Kier molecular flexibility index (Phi) is 4.55. The average molecular weight is 326 g/mol. The largest absolute Gasteiger partial charge is 0.334 e. The predicted octanol–water partition coefficient (Wildman–Crippen LogP) is 3.25. The predicted molar refractivity (Wildman–Crippen MR) is 90.0 cm³/mol. The van der Waals surface area contributed by atoms with E-state index in [1.807, 2.05) is 16.7 Å². The van der Waals surface area contributed by atoms with E-state index >= 15 is 0 Å². The third kappa shape index (κ3) is 2.99. The van der Waals surface area contributed by atoms with Crippen molar-refractivity contribution in [3.05, 3.63) is 59.8 Å². The molecule has 0 aliphatic rings. The van der Waals surface area contributed by atoms with Crippen molar-refractivity contribution in [1.82, 2.24) is 19.4 Å². The molecule has 2 aromatic heterocycles. The molecule has 1 amide bonds. The number of fused-ring (bicyclic) bond motifs is 1. The molecule has 0 saturated heterocycles. The van der Waals surface area contributed by atoms with Crippen molar-refractivity contribution in [2.24, 2.45) is 0 Å². The molecule has 0 N–H and O–H groups in total. The molecule has 24 heavy (non-hydrogen) atoms. The Morgan fingerprint density at radius 2 is 2.04 bits per heavy atom. The van der Waals surface area contributed by atoms with Crippen LogP contribution in [0.1, 0.15) is 29.5 Å². The van der Waals surface area contributed by atoms with Crippen LogP contribution in [0.25, 0.3) is 11.2 Å². The summed E-state index contributed by atoms with van der Waals surface area (Å²) in [6.45, 7) is 3.14. The summed E-state index contributed by atoms with van der Waals surface area (Å²) in [5.41, 5.74) is 1.67. The Bertz CT molecular complexity index is 874. The summed E-state index contributed by atoms with van der Waals surface area (Å²) in [6.07, 6.45) is 2.66. The number of nitrogens with zero attached hydrogens (tertiary/aromatic N) is 4. The topological polar surface area (TPSA) is 51.0 Å². The molecular formula is C18H19FN4O. The highest BCUT2D eigenvalue weighted by Gasteiger charge is 2.19. The van der Waals surface area contributed by atoms with E-state index in [0.717, 1.165) is 30.0 Å². The van der Waals surface area contributed by atoms with Gasteiger partial charge in [-0.25, -0.2) is 14.4 Å². The van der Waals surface area contributed by atoms with Crippen molar-refractivity contribution >= 4 is 17.1 Å². The highest BCUT2D eigenvalue weighted by molar-refractivity contribution is 5.94.